The van der Waals surface area contributed by atoms with Crippen molar-refractivity contribution in [2.75, 3.05) is 18.4 Å². The first-order valence-corrected chi connectivity index (χ1v) is 9.54. The van der Waals surface area contributed by atoms with E-state index < -0.39 is 36.8 Å². The van der Waals surface area contributed by atoms with Crippen LogP contribution in [0.1, 0.15) is 39.7 Å². The Morgan fingerprint density at radius 2 is 1.86 bits per heavy atom. The van der Waals surface area contributed by atoms with Gasteiger partial charge in [0.25, 0.3) is 0 Å². The summed E-state index contributed by atoms with van der Waals surface area (Å²) < 4.78 is 53.3. The molecule has 0 unspecified atom stereocenters. The van der Waals surface area contributed by atoms with Crippen LogP contribution in [0, 0.1) is 6.92 Å². The summed E-state index contributed by atoms with van der Waals surface area (Å²) in [5, 5.41) is 2.74. The first-order chi connectivity index (χ1) is 13.3. The van der Waals surface area contributed by atoms with Crippen molar-refractivity contribution in [2.24, 2.45) is 0 Å². The van der Waals surface area contributed by atoms with Gasteiger partial charge in [-0.25, -0.2) is 4.79 Å². The lowest BCUT2D eigenvalue weighted by Gasteiger charge is -2.32. The van der Waals surface area contributed by atoms with Gasteiger partial charge in [0.05, 0.1) is 17.3 Å². The second kappa shape index (κ2) is 7.48. The van der Waals surface area contributed by atoms with Crippen LogP contribution in [0.4, 0.5) is 23.7 Å². The second-order valence-electron chi connectivity index (χ2n) is 8.51. The number of amides is 2. The van der Waals surface area contributed by atoms with Gasteiger partial charge in [0.1, 0.15) is 0 Å². The van der Waals surface area contributed by atoms with E-state index in [0.29, 0.717) is 5.69 Å². The number of likely N-dealkylation sites (tertiary alicyclic amines) is 1. The summed E-state index contributed by atoms with van der Waals surface area (Å²) in [7, 11) is -0.576. The zero-order valence-electron chi connectivity index (χ0n) is 17.2. The van der Waals surface area contributed by atoms with Crippen LogP contribution in [-0.4, -0.2) is 54.8 Å². The Morgan fingerprint density at radius 3 is 2.45 bits per heavy atom. The number of anilines is 1. The molecular formula is C19H26BF3N2O4. The molecule has 0 bridgehead atoms. The summed E-state index contributed by atoms with van der Waals surface area (Å²) in [5.41, 5.74) is 1.27. The van der Waals surface area contributed by atoms with Crippen LogP contribution >= 0.6 is 0 Å². The summed E-state index contributed by atoms with van der Waals surface area (Å²) in [5.74, 6) is 0. The Morgan fingerprint density at radius 1 is 1.24 bits per heavy atom. The number of halogens is 3. The highest BCUT2D eigenvalue weighted by molar-refractivity contribution is 6.62. The fourth-order valence-electron chi connectivity index (χ4n) is 3.34. The molecule has 29 heavy (non-hydrogen) atoms. The zero-order chi connectivity index (χ0) is 21.6. The molecule has 2 aliphatic rings. The van der Waals surface area contributed by atoms with E-state index in [9.17, 15) is 18.0 Å². The maximum atomic E-state index is 12.5. The highest BCUT2D eigenvalue weighted by Gasteiger charge is 2.52. The van der Waals surface area contributed by atoms with Crippen molar-refractivity contribution in [1.82, 2.24) is 4.90 Å². The minimum atomic E-state index is -4.70. The number of carbonyl (C=O) groups excluding carboxylic acids is 1. The number of aryl methyl sites for hydroxylation is 1. The number of benzene rings is 1. The van der Waals surface area contributed by atoms with Gasteiger partial charge in [-0.3, -0.25) is 4.74 Å². The van der Waals surface area contributed by atoms with Gasteiger partial charge < -0.3 is 19.5 Å². The summed E-state index contributed by atoms with van der Waals surface area (Å²) in [6.45, 7) is 9.85. The number of ether oxygens (including phenoxy) is 1. The van der Waals surface area contributed by atoms with Crippen LogP contribution < -0.4 is 10.8 Å². The van der Waals surface area contributed by atoms with Crippen LogP contribution in [0.15, 0.2) is 18.2 Å². The van der Waals surface area contributed by atoms with E-state index in [1.165, 1.54) is 4.90 Å². The lowest BCUT2D eigenvalue weighted by molar-refractivity contribution is -0.340. The van der Waals surface area contributed by atoms with E-state index in [1.54, 1.807) is 12.1 Å². The molecule has 2 amide bonds. The minimum Gasteiger partial charge on any atom is -0.399 e. The summed E-state index contributed by atoms with van der Waals surface area (Å²) >= 11 is 0. The fraction of sp³-hybridized carbons (Fsp3) is 0.632. The van der Waals surface area contributed by atoms with Crippen molar-refractivity contribution in [3.8, 4) is 0 Å². The molecule has 0 spiro atoms. The highest BCUT2D eigenvalue weighted by atomic mass is 19.4. The number of hydrogen-bond acceptors (Lipinski definition) is 4. The monoisotopic (exact) mass is 414 g/mol. The van der Waals surface area contributed by atoms with Gasteiger partial charge in [-0.15, -0.1) is 13.2 Å². The molecule has 160 valence electrons. The molecule has 2 fully saturated rings. The van der Waals surface area contributed by atoms with Gasteiger partial charge in [0, 0.05) is 18.8 Å². The molecule has 0 radical (unpaired) electrons. The van der Waals surface area contributed by atoms with Gasteiger partial charge in [-0.1, -0.05) is 11.6 Å². The SMILES string of the molecule is Cc1ccc(NC(=O)N2CC[C@@H](OC(F)(F)F)C2)cc1B1OC(C)(C)C(C)(C)O1. The first-order valence-electron chi connectivity index (χ1n) is 9.54. The zero-order valence-corrected chi connectivity index (χ0v) is 17.2. The van der Waals surface area contributed by atoms with Gasteiger partial charge >= 0.3 is 19.5 Å². The Balaban J connectivity index is 1.67. The van der Waals surface area contributed by atoms with Crippen LogP contribution in [0.3, 0.4) is 0 Å². The van der Waals surface area contributed by atoms with Gasteiger partial charge in [-0.05, 0) is 58.6 Å². The van der Waals surface area contributed by atoms with Gasteiger partial charge in [-0.2, -0.15) is 0 Å². The van der Waals surface area contributed by atoms with Crippen LogP contribution in [0.25, 0.3) is 0 Å². The third-order valence-corrected chi connectivity index (χ3v) is 5.77. The normalized spacial score (nSPS) is 23.5. The summed E-state index contributed by atoms with van der Waals surface area (Å²) in [6, 6.07) is 4.88. The largest absolute Gasteiger partial charge is 0.522 e. The number of hydrogen-bond donors (Lipinski definition) is 1. The predicted molar refractivity (Wildman–Crippen MR) is 103 cm³/mol. The fourth-order valence-corrected chi connectivity index (χ4v) is 3.34. The smallest absolute Gasteiger partial charge is 0.399 e. The van der Waals surface area contributed by atoms with E-state index in [0.717, 1.165) is 11.0 Å². The Kier molecular flexibility index (Phi) is 5.66. The Labute approximate surface area is 168 Å². The van der Waals surface area contributed by atoms with Crippen molar-refractivity contribution in [3.05, 3.63) is 23.8 Å². The van der Waals surface area contributed by atoms with E-state index in [1.807, 2.05) is 40.7 Å². The van der Waals surface area contributed by atoms with Crippen molar-refractivity contribution in [2.45, 2.75) is 64.7 Å². The quantitative estimate of drug-likeness (QED) is 0.771. The number of alkyl halides is 3. The number of carbonyl (C=O) groups is 1. The maximum Gasteiger partial charge on any atom is 0.522 e. The average Bonchev–Trinajstić information content (AvgIpc) is 3.09. The Hall–Kier alpha value is -1.78. The number of urea groups is 1. The second-order valence-corrected chi connectivity index (χ2v) is 8.51. The maximum absolute atomic E-state index is 12.5. The van der Waals surface area contributed by atoms with Crippen LogP contribution in [0.2, 0.25) is 0 Å². The molecule has 1 aromatic rings. The molecule has 1 aromatic carbocycles. The van der Waals surface area contributed by atoms with Gasteiger partial charge in [0.2, 0.25) is 0 Å². The number of rotatable bonds is 3. The topological polar surface area (TPSA) is 60.0 Å². The summed E-state index contributed by atoms with van der Waals surface area (Å²) in [6.07, 6.45) is -5.61. The Bertz CT molecular complexity index is 769. The van der Waals surface area contributed by atoms with Gasteiger partial charge in [0.15, 0.2) is 0 Å². The minimum absolute atomic E-state index is 0.110. The van der Waals surface area contributed by atoms with E-state index >= 15 is 0 Å². The third-order valence-electron chi connectivity index (χ3n) is 5.77. The molecule has 0 saturated carbocycles. The van der Waals surface area contributed by atoms with Crippen molar-refractivity contribution in [3.63, 3.8) is 0 Å². The van der Waals surface area contributed by atoms with Crippen molar-refractivity contribution < 1.29 is 32.0 Å². The molecule has 2 saturated heterocycles. The first kappa shape index (κ1) is 21.9. The number of nitrogens with one attached hydrogen (secondary N) is 1. The lowest BCUT2D eigenvalue weighted by Crippen LogP contribution is -2.41. The standard InChI is InChI=1S/C19H26BF3N2O4/c1-12-6-7-13(10-15(12)20-28-17(2,3)18(4,5)29-20)24-16(26)25-9-8-14(11-25)27-19(21,22)23/h6-7,10,14H,8-9,11H2,1-5H3,(H,24,26)/t14-/m1/s1. The molecule has 10 heteroatoms. The molecule has 0 aromatic heterocycles. The third kappa shape index (κ3) is 4.87. The highest BCUT2D eigenvalue weighted by Crippen LogP contribution is 2.36. The molecule has 0 aliphatic carbocycles. The van der Waals surface area contributed by atoms with Crippen LogP contribution in [-0.2, 0) is 14.0 Å². The predicted octanol–water partition coefficient (Wildman–Crippen LogP) is 3.44. The van der Waals surface area contributed by atoms with Crippen LogP contribution in [0.5, 0.6) is 0 Å². The molecule has 3 rings (SSSR count). The van der Waals surface area contributed by atoms with E-state index in [2.05, 4.69) is 10.1 Å². The van der Waals surface area contributed by atoms with Crippen molar-refractivity contribution >= 4 is 24.3 Å². The average molecular weight is 414 g/mol. The molecular weight excluding hydrogens is 388 g/mol. The molecule has 1 atom stereocenters. The summed E-state index contributed by atoms with van der Waals surface area (Å²) in [4.78, 5) is 13.8. The molecule has 1 N–H and O–H groups in total. The molecule has 2 aliphatic heterocycles. The van der Waals surface area contributed by atoms with E-state index in [4.69, 9.17) is 9.31 Å². The molecule has 6 nitrogen and oxygen atoms in total. The lowest BCUT2D eigenvalue weighted by atomic mass is 9.76. The molecule has 2 heterocycles. The number of nitrogens with zero attached hydrogens (tertiary/aromatic N) is 1. The van der Waals surface area contributed by atoms with E-state index in [-0.39, 0.29) is 19.5 Å². The van der Waals surface area contributed by atoms with Crippen molar-refractivity contribution in [1.29, 1.82) is 0 Å².